The van der Waals surface area contributed by atoms with Crippen LogP contribution in [0.1, 0.15) is 46.6 Å². The largest absolute Gasteiger partial charge is 0.480 e. The highest BCUT2D eigenvalue weighted by Crippen LogP contribution is 2.37. The zero-order valence-corrected chi connectivity index (χ0v) is 14.1. The summed E-state index contributed by atoms with van der Waals surface area (Å²) in [6.07, 6.45) is 5.48. The Morgan fingerprint density at radius 1 is 1.29 bits per heavy atom. The number of fused-ring (bicyclic) bond motifs is 2. The van der Waals surface area contributed by atoms with Gasteiger partial charge in [-0.2, -0.15) is 0 Å². The summed E-state index contributed by atoms with van der Waals surface area (Å²) in [7, 11) is 0. The molecule has 0 aromatic carbocycles. The van der Waals surface area contributed by atoms with Crippen LogP contribution in [0.5, 0.6) is 0 Å². The molecule has 0 spiro atoms. The first-order chi connectivity index (χ1) is 11.6. The Hall–Kier alpha value is -2.15. The number of anilines is 1. The summed E-state index contributed by atoms with van der Waals surface area (Å²) < 4.78 is 0. The van der Waals surface area contributed by atoms with E-state index < -0.39 is 12.0 Å². The Balaban J connectivity index is 1.75. The van der Waals surface area contributed by atoms with Crippen molar-refractivity contribution >= 4 is 39.1 Å². The first kappa shape index (κ1) is 15.4. The first-order valence-corrected chi connectivity index (χ1v) is 9.12. The predicted octanol–water partition coefficient (Wildman–Crippen LogP) is 2.45. The van der Waals surface area contributed by atoms with E-state index >= 15 is 0 Å². The number of amides is 1. The minimum Gasteiger partial charge on any atom is -0.480 e. The van der Waals surface area contributed by atoms with Crippen molar-refractivity contribution in [3.05, 3.63) is 22.2 Å². The number of hydrogen-bond donors (Lipinski definition) is 2. The molecule has 0 radical (unpaired) electrons. The van der Waals surface area contributed by atoms with Crippen molar-refractivity contribution in [1.82, 2.24) is 9.88 Å². The maximum Gasteiger partial charge on any atom is 0.326 e. The lowest BCUT2D eigenvalue weighted by Gasteiger charge is -2.20. The highest BCUT2D eigenvalue weighted by atomic mass is 32.1. The van der Waals surface area contributed by atoms with E-state index in [0.29, 0.717) is 30.0 Å². The van der Waals surface area contributed by atoms with Gasteiger partial charge in [-0.05, 0) is 50.2 Å². The van der Waals surface area contributed by atoms with Gasteiger partial charge >= 0.3 is 5.97 Å². The molecule has 1 saturated heterocycles. The van der Waals surface area contributed by atoms with Crippen molar-refractivity contribution in [3.63, 3.8) is 0 Å². The Morgan fingerprint density at radius 2 is 2.08 bits per heavy atom. The van der Waals surface area contributed by atoms with E-state index in [4.69, 9.17) is 10.7 Å². The predicted molar refractivity (Wildman–Crippen MR) is 92.4 cm³/mol. The number of thiophene rings is 1. The highest BCUT2D eigenvalue weighted by Gasteiger charge is 2.36. The number of rotatable bonds is 2. The average molecular weight is 345 g/mol. The molecule has 2 aromatic rings. The molecule has 1 fully saturated rings. The molecule has 1 unspecified atom stereocenters. The van der Waals surface area contributed by atoms with E-state index in [-0.39, 0.29) is 5.91 Å². The highest BCUT2D eigenvalue weighted by molar-refractivity contribution is 7.21. The van der Waals surface area contributed by atoms with Crippen LogP contribution in [0.2, 0.25) is 0 Å². The molecule has 1 aliphatic heterocycles. The van der Waals surface area contributed by atoms with Crippen LogP contribution >= 0.6 is 11.3 Å². The molecule has 2 aliphatic rings. The fourth-order valence-electron chi connectivity index (χ4n) is 3.72. The van der Waals surface area contributed by atoms with Crippen LogP contribution in [0.4, 0.5) is 5.69 Å². The van der Waals surface area contributed by atoms with Gasteiger partial charge in [-0.15, -0.1) is 11.3 Å². The van der Waals surface area contributed by atoms with Crippen LogP contribution in [0.3, 0.4) is 0 Å². The van der Waals surface area contributed by atoms with Gasteiger partial charge in [0, 0.05) is 17.6 Å². The topological polar surface area (TPSA) is 96.5 Å². The summed E-state index contributed by atoms with van der Waals surface area (Å²) in [5, 5.41) is 10.1. The lowest BCUT2D eigenvalue weighted by molar-refractivity contribution is -0.141. The Bertz CT molecular complexity index is 845. The minimum absolute atomic E-state index is 0.279. The number of nitrogens with zero attached hydrogens (tertiary/aromatic N) is 2. The smallest absolute Gasteiger partial charge is 0.326 e. The van der Waals surface area contributed by atoms with E-state index in [0.717, 1.165) is 41.6 Å². The molecule has 3 N–H and O–H groups in total. The number of aliphatic carboxylic acids is 1. The van der Waals surface area contributed by atoms with Gasteiger partial charge in [0.05, 0.1) is 5.69 Å². The van der Waals surface area contributed by atoms with Gasteiger partial charge in [-0.3, -0.25) is 4.79 Å². The van der Waals surface area contributed by atoms with Crippen LogP contribution in [0.15, 0.2) is 6.07 Å². The lowest BCUT2D eigenvalue weighted by atomic mass is 9.95. The Labute approximate surface area is 143 Å². The van der Waals surface area contributed by atoms with Gasteiger partial charge in [0.2, 0.25) is 0 Å². The zero-order valence-electron chi connectivity index (χ0n) is 13.2. The fourth-order valence-corrected chi connectivity index (χ4v) is 4.77. The van der Waals surface area contributed by atoms with E-state index in [1.807, 2.05) is 0 Å². The number of carboxylic acids is 1. The third-order valence-corrected chi connectivity index (χ3v) is 6.10. The van der Waals surface area contributed by atoms with E-state index in [9.17, 15) is 14.7 Å². The van der Waals surface area contributed by atoms with Crippen molar-refractivity contribution in [2.75, 3.05) is 12.3 Å². The van der Waals surface area contributed by atoms with Gasteiger partial charge in [0.25, 0.3) is 5.91 Å². The van der Waals surface area contributed by atoms with Gasteiger partial charge < -0.3 is 15.7 Å². The summed E-state index contributed by atoms with van der Waals surface area (Å²) in [6.45, 7) is 0.466. The van der Waals surface area contributed by atoms with Gasteiger partial charge in [-0.25, -0.2) is 9.78 Å². The van der Waals surface area contributed by atoms with Crippen LogP contribution in [-0.2, 0) is 17.6 Å². The maximum atomic E-state index is 12.8. The third-order valence-electron chi connectivity index (χ3n) is 4.99. The Morgan fingerprint density at radius 3 is 2.88 bits per heavy atom. The monoisotopic (exact) mass is 345 g/mol. The number of aromatic nitrogens is 1. The molecule has 6 nitrogen and oxygen atoms in total. The van der Waals surface area contributed by atoms with Crippen molar-refractivity contribution in [3.8, 4) is 0 Å². The number of pyridine rings is 1. The molecule has 1 amide bonds. The van der Waals surface area contributed by atoms with Gasteiger partial charge in [-0.1, -0.05) is 0 Å². The summed E-state index contributed by atoms with van der Waals surface area (Å²) in [5.74, 6) is -1.23. The van der Waals surface area contributed by atoms with Gasteiger partial charge in [0.1, 0.15) is 15.7 Å². The van der Waals surface area contributed by atoms with Crippen molar-refractivity contribution in [1.29, 1.82) is 0 Å². The van der Waals surface area contributed by atoms with Crippen molar-refractivity contribution < 1.29 is 14.7 Å². The quantitative estimate of drug-likeness (QED) is 0.871. The molecule has 126 valence electrons. The second-order valence-corrected chi connectivity index (χ2v) is 7.49. The zero-order chi connectivity index (χ0) is 16.8. The molecule has 7 heteroatoms. The molecule has 24 heavy (non-hydrogen) atoms. The average Bonchev–Trinajstić information content (AvgIpc) is 3.18. The summed E-state index contributed by atoms with van der Waals surface area (Å²) in [4.78, 5) is 31.5. The molecule has 0 bridgehead atoms. The van der Waals surface area contributed by atoms with Crippen molar-refractivity contribution in [2.45, 2.75) is 44.6 Å². The van der Waals surface area contributed by atoms with E-state index in [2.05, 4.69) is 6.07 Å². The first-order valence-electron chi connectivity index (χ1n) is 8.31. The van der Waals surface area contributed by atoms with Crippen molar-refractivity contribution in [2.24, 2.45) is 0 Å². The lowest BCUT2D eigenvalue weighted by Crippen LogP contribution is -2.40. The molecule has 1 aliphatic carbocycles. The van der Waals surface area contributed by atoms with E-state index in [1.165, 1.54) is 21.8 Å². The number of carbonyl (C=O) groups excluding carboxylic acids is 1. The Kier molecular flexibility index (Phi) is 3.68. The molecule has 3 heterocycles. The molecule has 0 saturated carbocycles. The maximum absolute atomic E-state index is 12.8. The molecule has 1 atom stereocenters. The fraction of sp³-hybridized carbons (Fsp3) is 0.471. The number of carboxylic acid groups (broad SMARTS) is 1. The molecule has 2 aromatic heterocycles. The minimum atomic E-state index is -0.950. The van der Waals surface area contributed by atoms with E-state index in [1.54, 1.807) is 0 Å². The number of nitrogens with two attached hydrogens (primary N) is 1. The second kappa shape index (κ2) is 5.73. The molecular weight excluding hydrogens is 326 g/mol. The van der Waals surface area contributed by atoms with Crippen LogP contribution in [0.25, 0.3) is 10.2 Å². The number of nitrogen functional groups attached to an aromatic ring is 1. The standard InChI is InChI=1S/C17H19N3O3S/c18-13-10-8-9-4-1-2-5-11(9)19-15(10)24-14(13)16(21)20-7-3-6-12(20)17(22)23/h8,12H,1-7,18H2,(H,22,23). The number of hydrogen-bond acceptors (Lipinski definition) is 5. The van der Waals surface area contributed by atoms with Crippen LogP contribution < -0.4 is 5.73 Å². The SMILES string of the molecule is Nc1c(C(=O)N2CCCC2C(=O)O)sc2nc3c(cc12)CCCC3. The normalized spacial score (nSPS) is 20.3. The number of aryl methyl sites for hydroxylation is 2. The summed E-state index contributed by atoms with van der Waals surface area (Å²) in [6, 6.07) is 1.32. The second-order valence-electron chi connectivity index (χ2n) is 6.49. The molecular formula is C17H19N3O3S. The number of likely N-dealkylation sites (tertiary alicyclic amines) is 1. The van der Waals surface area contributed by atoms with Crippen LogP contribution in [-0.4, -0.2) is 39.5 Å². The molecule has 4 rings (SSSR count). The summed E-state index contributed by atoms with van der Waals surface area (Å²) in [5.41, 5.74) is 9.01. The third kappa shape index (κ3) is 2.34. The van der Waals surface area contributed by atoms with Gasteiger partial charge in [0.15, 0.2) is 0 Å². The van der Waals surface area contributed by atoms with Crippen LogP contribution in [0, 0.1) is 0 Å². The number of carbonyl (C=O) groups is 2. The summed E-state index contributed by atoms with van der Waals surface area (Å²) >= 11 is 1.29.